The normalized spacial score (nSPS) is 17.8. The van der Waals surface area contributed by atoms with Crippen molar-refractivity contribution in [3.8, 4) is 5.88 Å². The number of nitrogens with zero attached hydrogens (tertiary/aromatic N) is 2. The van der Waals surface area contributed by atoms with Crippen LogP contribution in [0.15, 0.2) is 11.1 Å². The van der Waals surface area contributed by atoms with Gasteiger partial charge in [-0.25, -0.2) is 13.1 Å². The Morgan fingerprint density at radius 2 is 2.04 bits per heavy atom. The summed E-state index contributed by atoms with van der Waals surface area (Å²) in [6.45, 7) is 3.21. The van der Waals surface area contributed by atoms with Gasteiger partial charge in [0.1, 0.15) is 5.60 Å². The molecule has 23 heavy (non-hydrogen) atoms. The topological polar surface area (TPSA) is 82.5 Å². The lowest BCUT2D eigenvalue weighted by molar-refractivity contribution is -0.141. The number of methoxy groups -OCH3 is 1. The molecule has 0 aliphatic carbocycles. The zero-order chi connectivity index (χ0) is 17.6. The number of hydrogen-bond acceptors (Lipinski definition) is 6. The smallest absolute Gasteiger partial charge is 0.435 e. The molecule has 2 heterocycles. The molecule has 0 unspecified atom stereocenters. The van der Waals surface area contributed by atoms with Crippen molar-refractivity contribution in [2.24, 2.45) is 7.05 Å². The fourth-order valence-electron chi connectivity index (χ4n) is 2.14. The van der Waals surface area contributed by atoms with Gasteiger partial charge >= 0.3 is 6.18 Å². The number of hydroxylamine groups is 1. The van der Waals surface area contributed by atoms with Crippen molar-refractivity contribution in [2.45, 2.75) is 31.4 Å². The highest BCUT2D eigenvalue weighted by Gasteiger charge is 2.42. The van der Waals surface area contributed by atoms with E-state index in [1.165, 1.54) is 13.1 Å². The number of aryl methyl sites for hydroxylation is 1. The van der Waals surface area contributed by atoms with E-state index in [0.717, 1.165) is 11.8 Å². The van der Waals surface area contributed by atoms with Crippen LogP contribution >= 0.6 is 0 Å². The average Bonchev–Trinajstić information content (AvgIpc) is 2.89. The Balaban J connectivity index is 2.48. The number of halogens is 3. The van der Waals surface area contributed by atoms with Crippen LogP contribution < -0.4 is 10.2 Å². The van der Waals surface area contributed by atoms with E-state index in [1.807, 2.05) is 0 Å². The third-order valence-electron chi connectivity index (χ3n) is 3.11. The van der Waals surface area contributed by atoms with Gasteiger partial charge in [0.25, 0.3) is 0 Å². The highest BCUT2D eigenvalue weighted by Crippen LogP contribution is 2.37. The van der Waals surface area contributed by atoms with Crippen molar-refractivity contribution in [3.05, 3.63) is 22.4 Å². The molecule has 0 saturated heterocycles. The van der Waals surface area contributed by atoms with Gasteiger partial charge in [-0.15, -0.1) is 0 Å². The summed E-state index contributed by atoms with van der Waals surface area (Å²) in [5.74, 6) is -1.18. The van der Waals surface area contributed by atoms with E-state index in [9.17, 15) is 21.6 Å². The highest BCUT2D eigenvalue weighted by atomic mass is 32.2. The van der Waals surface area contributed by atoms with E-state index in [1.54, 1.807) is 13.8 Å². The molecule has 0 amide bonds. The average molecular weight is 355 g/mol. The molecule has 0 aromatic carbocycles. The zero-order valence-corrected chi connectivity index (χ0v) is 13.7. The Hall–Kier alpha value is -1.75. The Kier molecular flexibility index (Phi) is 4.14. The van der Waals surface area contributed by atoms with E-state index in [0.29, 0.717) is 0 Å². The van der Waals surface area contributed by atoms with Gasteiger partial charge in [-0.2, -0.15) is 18.3 Å². The highest BCUT2D eigenvalue weighted by molar-refractivity contribution is 7.94. The van der Waals surface area contributed by atoms with Crippen LogP contribution in [0.3, 0.4) is 0 Å². The summed E-state index contributed by atoms with van der Waals surface area (Å²) >= 11 is 0. The molecule has 0 atom stereocenters. The summed E-state index contributed by atoms with van der Waals surface area (Å²) in [5.41, 5.74) is -0.486. The SMILES string of the molecule is COc1c(CS(=O)(=O)C2=CC(C)(C)ON2)c(C(F)(F)F)nn1C. The van der Waals surface area contributed by atoms with Crippen molar-refractivity contribution in [1.29, 1.82) is 0 Å². The Morgan fingerprint density at radius 1 is 1.43 bits per heavy atom. The number of aromatic nitrogens is 2. The maximum absolute atomic E-state index is 13.1. The summed E-state index contributed by atoms with van der Waals surface area (Å²) in [5, 5.41) is 3.03. The molecule has 0 radical (unpaired) electrons. The van der Waals surface area contributed by atoms with E-state index < -0.39 is 38.6 Å². The first-order chi connectivity index (χ1) is 10.4. The van der Waals surface area contributed by atoms with Crippen molar-refractivity contribution in [2.75, 3.05) is 7.11 Å². The monoisotopic (exact) mass is 355 g/mol. The first kappa shape index (κ1) is 17.6. The molecule has 1 aromatic heterocycles. The molecule has 0 spiro atoms. The Labute approximate surface area is 130 Å². The quantitative estimate of drug-likeness (QED) is 0.882. The molecular weight excluding hydrogens is 339 g/mol. The predicted molar refractivity (Wildman–Crippen MR) is 73.8 cm³/mol. The lowest BCUT2D eigenvalue weighted by atomic mass is 10.1. The standard InChI is InChI=1S/C12H16F3N3O4S/c1-11(2)5-8(17-22-11)23(19,20)6-7-9(12(13,14)15)16-18(3)10(7)21-4/h5,17H,6H2,1-4H3. The molecule has 0 fully saturated rings. The molecule has 1 N–H and O–H groups in total. The number of alkyl halides is 3. The minimum absolute atomic E-state index is 0.264. The number of rotatable bonds is 4. The maximum Gasteiger partial charge on any atom is 0.435 e. The minimum Gasteiger partial charge on any atom is -0.481 e. The summed E-state index contributed by atoms with van der Waals surface area (Å²) < 4.78 is 69.7. The van der Waals surface area contributed by atoms with Gasteiger partial charge in [0.15, 0.2) is 20.6 Å². The van der Waals surface area contributed by atoms with Crippen LogP contribution in [0.2, 0.25) is 0 Å². The number of nitrogens with one attached hydrogen (secondary N) is 1. The van der Waals surface area contributed by atoms with Gasteiger partial charge in [-0.3, -0.25) is 10.3 Å². The summed E-state index contributed by atoms with van der Waals surface area (Å²) in [4.78, 5) is 5.04. The molecule has 0 saturated carbocycles. The second kappa shape index (κ2) is 5.41. The molecule has 7 nitrogen and oxygen atoms in total. The van der Waals surface area contributed by atoms with Crippen LogP contribution in [0.5, 0.6) is 5.88 Å². The Bertz CT molecular complexity index is 750. The third-order valence-corrected chi connectivity index (χ3v) is 4.65. The van der Waals surface area contributed by atoms with Gasteiger partial charge in [0, 0.05) is 7.05 Å². The van der Waals surface area contributed by atoms with E-state index in [4.69, 9.17) is 9.57 Å². The molecule has 1 aromatic rings. The van der Waals surface area contributed by atoms with E-state index in [2.05, 4.69) is 10.6 Å². The molecule has 0 bridgehead atoms. The molecule has 11 heteroatoms. The fourth-order valence-corrected chi connectivity index (χ4v) is 3.57. The first-order valence-corrected chi connectivity index (χ1v) is 8.09. The fraction of sp³-hybridized carbons (Fsp3) is 0.583. The van der Waals surface area contributed by atoms with Crippen LogP contribution in [0.4, 0.5) is 13.2 Å². The van der Waals surface area contributed by atoms with Crippen LogP contribution in [-0.4, -0.2) is 30.9 Å². The van der Waals surface area contributed by atoms with Gasteiger partial charge in [-0.1, -0.05) is 0 Å². The Morgan fingerprint density at radius 3 is 2.48 bits per heavy atom. The van der Waals surface area contributed by atoms with Crippen LogP contribution in [-0.2, 0) is 33.7 Å². The lowest BCUT2D eigenvalue weighted by Gasteiger charge is -2.11. The zero-order valence-electron chi connectivity index (χ0n) is 12.9. The van der Waals surface area contributed by atoms with Crippen molar-refractivity contribution in [3.63, 3.8) is 0 Å². The van der Waals surface area contributed by atoms with Crippen molar-refractivity contribution < 1.29 is 31.2 Å². The van der Waals surface area contributed by atoms with Crippen LogP contribution in [0.1, 0.15) is 25.1 Å². The van der Waals surface area contributed by atoms with Crippen LogP contribution in [0.25, 0.3) is 0 Å². The van der Waals surface area contributed by atoms with E-state index in [-0.39, 0.29) is 10.9 Å². The van der Waals surface area contributed by atoms with Crippen molar-refractivity contribution >= 4 is 9.84 Å². The molecule has 2 rings (SSSR count). The second-order valence-corrected chi connectivity index (χ2v) is 7.49. The molecule has 1 aliphatic rings. The largest absolute Gasteiger partial charge is 0.481 e. The molecule has 1 aliphatic heterocycles. The first-order valence-electron chi connectivity index (χ1n) is 6.44. The summed E-state index contributed by atoms with van der Waals surface area (Å²) in [7, 11) is -1.71. The van der Waals surface area contributed by atoms with Gasteiger partial charge in [0.2, 0.25) is 5.88 Å². The number of hydrogen-bond donors (Lipinski definition) is 1. The van der Waals surface area contributed by atoms with Gasteiger partial charge < -0.3 is 4.74 Å². The number of sulfone groups is 1. The molecule has 130 valence electrons. The van der Waals surface area contributed by atoms with Gasteiger partial charge in [0.05, 0.1) is 18.4 Å². The second-order valence-electron chi connectivity index (χ2n) is 5.53. The number of ether oxygens (including phenoxy) is 1. The third kappa shape index (κ3) is 3.44. The summed E-state index contributed by atoms with van der Waals surface area (Å²) in [6.07, 6.45) is -3.51. The van der Waals surface area contributed by atoms with Gasteiger partial charge in [-0.05, 0) is 19.9 Å². The lowest BCUT2D eigenvalue weighted by Crippen LogP contribution is -2.23. The summed E-state index contributed by atoms with van der Waals surface area (Å²) in [6, 6.07) is 0. The van der Waals surface area contributed by atoms with E-state index >= 15 is 0 Å². The van der Waals surface area contributed by atoms with Crippen LogP contribution in [0, 0.1) is 0 Å². The predicted octanol–water partition coefficient (Wildman–Crippen LogP) is 1.52. The molecular formula is C12H16F3N3O4S. The van der Waals surface area contributed by atoms with Crippen molar-refractivity contribution in [1.82, 2.24) is 15.3 Å². The maximum atomic E-state index is 13.1. The minimum atomic E-state index is -4.80.